The van der Waals surface area contributed by atoms with Gasteiger partial charge in [-0.1, -0.05) is 42.5 Å². The summed E-state index contributed by atoms with van der Waals surface area (Å²) in [5, 5.41) is 0. The Labute approximate surface area is 119 Å². The van der Waals surface area contributed by atoms with Crippen molar-refractivity contribution < 1.29 is 8.42 Å². The van der Waals surface area contributed by atoms with Crippen LogP contribution in [0.15, 0.2) is 30.3 Å². The third-order valence-electron chi connectivity index (χ3n) is 3.21. The Kier molecular flexibility index (Phi) is 4.54. The van der Waals surface area contributed by atoms with Crippen LogP contribution in [0.4, 0.5) is 0 Å². The van der Waals surface area contributed by atoms with E-state index in [1.165, 1.54) is 0 Å². The van der Waals surface area contributed by atoms with E-state index < -0.39 is 10.0 Å². The predicted octanol–water partition coefficient (Wildman–Crippen LogP) is 1.21. The zero-order valence-electron chi connectivity index (χ0n) is 10.6. The molecule has 0 saturated heterocycles. The molecule has 1 aromatic rings. The molecule has 1 aliphatic rings. The van der Waals surface area contributed by atoms with Crippen LogP contribution in [-0.4, -0.2) is 25.2 Å². The molecule has 0 bridgehead atoms. The van der Waals surface area contributed by atoms with Crippen molar-refractivity contribution in [2.24, 2.45) is 11.7 Å². The molecule has 1 atom stereocenters. The number of rotatable bonds is 7. The molecule has 1 fully saturated rings. The molecule has 4 nitrogen and oxygen atoms in total. The highest BCUT2D eigenvalue weighted by molar-refractivity contribution is 7.89. The third-order valence-corrected chi connectivity index (χ3v) is 4.82. The van der Waals surface area contributed by atoms with E-state index in [2.05, 4.69) is 4.72 Å². The topological polar surface area (TPSA) is 72.2 Å². The second-order valence-electron chi connectivity index (χ2n) is 4.89. The lowest BCUT2D eigenvalue weighted by Crippen LogP contribution is -2.45. The van der Waals surface area contributed by atoms with Gasteiger partial charge in [0.15, 0.2) is 0 Å². The van der Waals surface area contributed by atoms with Gasteiger partial charge in [-0.3, -0.25) is 0 Å². The second-order valence-corrected chi connectivity index (χ2v) is 7.23. The molecule has 19 heavy (non-hydrogen) atoms. The number of hydrogen-bond donors (Lipinski definition) is 2. The minimum atomic E-state index is -3.35. The summed E-state index contributed by atoms with van der Waals surface area (Å²) in [7, 11) is -3.35. The minimum Gasteiger partial charge on any atom is -0.392 e. The number of aryl methyl sites for hydroxylation is 1. The van der Waals surface area contributed by atoms with Gasteiger partial charge in [0.25, 0.3) is 0 Å². The highest BCUT2D eigenvalue weighted by Gasteiger charge is 2.35. The first-order valence-electron chi connectivity index (χ1n) is 6.31. The highest BCUT2D eigenvalue weighted by atomic mass is 32.2. The molecule has 0 spiro atoms. The van der Waals surface area contributed by atoms with Crippen molar-refractivity contribution in [3.63, 3.8) is 0 Å². The number of thiocarbonyl (C=S) groups is 1. The van der Waals surface area contributed by atoms with Crippen molar-refractivity contribution in [2.45, 2.75) is 25.3 Å². The summed E-state index contributed by atoms with van der Waals surface area (Å²) < 4.78 is 26.7. The first-order valence-corrected chi connectivity index (χ1v) is 8.37. The van der Waals surface area contributed by atoms with Crippen LogP contribution in [0.3, 0.4) is 0 Å². The van der Waals surface area contributed by atoms with E-state index in [0.717, 1.165) is 18.4 Å². The fourth-order valence-corrected chi connectivity index (χ4v) is 3.62. The summed E-state index contributed by atoms with van der Waals surface area (Å²) in [5.74, 6) is 0.340. The van der Waals surface area contributed by atoms with Gasteiger partial charge < -0.3 is 5.73 Å². The maximum Gasteiger partial charge on any atom is 0.212 e. The average Bonchev–Trinajstić information content (AvgIpc) is 3.19. The maximum absolute atomic E-state index is 12.0. The summed E-state index contributed by atoms with van der Waals surface area (Å²) >= 11 is 4.93. The third kappa shape index (κ3) is 4.56. The SMILES string of the molecule is NC(=S)C(NS(=O)(=O)CCc1ccccc1)C1CC1. The Balaban J connectivity index is 1.93. The zero-order chi connectivity index (χ0) is 13.9. The molecule has 0 aliphatic heterocycles. The van der Waals surface area contributed by atoms with Crippen molar-refractivity contribution >= 4 is 27.2 Å². The van der Waals surface area contributed by atoms with E-state index in [1.807, 2.05) is 30.3 Å². The number of benzene rings is 1. The quantitative estimate of drug-likeness (QED) is 0.742. The van der Waals surface area contributed by atoms with Crippen LogP contribution in [0.25, 0.3) is 0 Å². The monoisotopic (exact) mass is 298 g/mol. The Hall–Kier alpha value is -0.980. The van der Waals surface area contributed by atoms with Crippen molar-refractivity contribution in [1.82, 2.24) is 4.72 Å². The zero-order valence-corrected chi connectivity index (χ0v) is 12.2. The van der Waals surface area contributed by atoms with Gasteiger partial charge in [-0.25, -0.2) is 13.1 Å². The van der Waals surface area contributed by atoms with Crippen LogP contribution in [0.5, 0.6) is 0 Å². The van der Waals surface area contributed by atoms with E-state index in [-0.39, 0.29) is 22.7 Å². The van der Waals surface area contributed by atoms with Gasteiger partial charge in [0, 0.05) is 0 Å². The molecule has 1 unspecified atom stereocenters. The van der Waals surface area contributed by atoms with E-state index in [1.54, 1.807) is 0 Å². The Morgan fingerprint density at radius 3 is 2.53 bits per heavy atom. The average molecular weight is 298 g/mol. The van der Waals surface area contributed by atoms with Crippen LogP contribution in [0.2, 0.25) is 0 Å². The fraction of sp³-hybridized carbons (Fsp3) is 0.462. The number of sulfonamides is 1. The van der Waals surface area contributed by atoms with E-state index in [9.17, 15) is 8.42 Å². The standard InChI is InChI=1S/C13H18N2O2S2/c14-13(18)12(11-6-7-11)15-19(16,17)9-8-10-4-2-1-3-5-10/h1-5,11-12,15H,6-9H2,(H2,14,18). The Bertz CT molecular complexity index is 539. The maximum atomic E-state index is 12.0. The van der Waals surface area contributed by atoms with Gasteiger partial charge in [0.1, 0.15) is 0 Å². The first kappa shape index (κ1) is 14.4. The van der Waals surface area contributed by atoms with Gasteiger partial charge in [0.05, 0.1) is 16.8 Å². The van der Waals surface area contributed by atoms with Crippen molar-refractivity contribution in [1.29, 1.82) is 0 Å². The molecule has 1 aliphatic carbocycles. The summed E-state index contributed by atoms with van der Waals surface area (Å²) in [4.78, 5) is 0.241. The van der Waals surface area contributed by atoms with Gasteiger partial charge in [-0.05, 0) is 30.7 Å². The number of hydrogen-bond acceptors (Lipinski definition) is 3. The number of nitrogens with one attached hydrogen (secondary N) is 1. The molecule has 1 aromatic carbocycles. The normalized spacial score (nSPS) is 17.1. The second kappa shape index (κ2) is 5.98. The largest absolute Gasteiger partial charge is 0.392 e. The van der Waals surface area contributed by atoms with Crippen molar-refractivity contribution in [3.05, 3.63) is 35.9 Å². The van der Waals surface area contributed by atoms with Crippen LogP contribution in [0, 0.1) is 5.92 Å². The molecular weight excluding hydrogens is 280 g/mol. The molecule has 1 saturated carbocycles. The fourth-order valence-electron chi connectivity index (χ4n) is 1.97. The van der Waals surface area contributed by atoms with Crippen LogP contribution in [0.1, 0.15) is 18.4 Å². The lowest BCUT2D eigenvalue weighted by atomic mass is 10.2. The van der Waals surface area contributed by atoms with Crippen LogP contribution in [-0.2, 0) is 16.4 Å². The van der Waals surface area contributed by atoms with Crippen LogP contribution >= 0.6 is 12.2 Å². The summed E-state index contributed by atoms with van der Waals surface area (Å²) in [6.45, 7) is 0. The molecule has 0 amide bonds. The highest BCUT2D eigenvalue weighted by Crippen LogP contribution is 2.33. The Morgan fingerprint density at radius 1 is 1.37 bits per heavy atom. The first-order chi connectivity index (χ1) is 8.98. The number of nitrogens with two attached hydrogens (primary N) is 1. The van der Waals surface area contributed by atoms with E-state index >= 15 is 0 Å². The molecule has 0 aromatic heterocycles. The Morgan fingerprint density at radius 2 is 2.00 bits per heavy atom. The van der Waals surface area contributed by atoms with E-state index in [4.69, 9.17) is 18.0 Å². The van der Waals surface area contributed by atoms with Gasteiger partial charge in [0.2, 0.25) is 10.0 Å². The van der Waals surface area contributed by atoms with Crippen molar-refractivity contribution in [3.8, 4) is 0 Å². The van der Waals surface area contributed by atoms with Crippen molar-refractivity contribution in [2.75, 3.05) is 5.75 Å². The van der Waals surface area contributed by atoms with Gasteiger partial charge >= 0.3 is 0 Å². The molecule has 6 heteroatoms. The predicted molar refractivity (Wildman–Crippen MR) is 80.4 cm³/mol. The molecule has 0 radical (unpaired) electrons. The molecule has 3 N–H and O–H groups in total. The summed E-state index contributed by atoms with van der Waals surface area (Å²) in [6, 6.07) is 9.17. The van der Waals surface area contributed by atoms with Gasteiger partial charge in [-0.2, -0.15) is 0 Å². The van der Waals surface area contributed by atoms with E-state index in [0.29, 0.717) is 6.42 Å². The van der Waals surface area contributed by atoms with Gasteiger partial charge in [-0.15, -0.1) is 0 Å². The molecule has 0 heterocycles. The lowest BCUT2D eigenvalue weighted by Gasteiger charge is -2.16. The lowest BCUT2D eigenvalue weighted by molar-refractivity contribution is 0.564. The minimum absolute atomic E-state index is 0.0584. The molecular formula is C13H18N2O2S2. The smallest absolute Gasteiger partial charge is 0.212 e. The van der Waals surface area contributed by atoms with Crippen LogP contribution < -0.4 is 10.5 Å². The summed E-state index contributed by atoms with van der Waals surface area (Å²) in [6.07, 6.45) is 2.47. The summed E-state index contributed by atoms with van der Waals surface area (Å²) in [5.41, 5.74) is 6.60. The molecule has 104 valence electrons. The molecule has 2 rings (SSSR count).